The molecule has 0 bridgehead atoms. The van der Waals surface area contributed by atoms with Gasteiger partial charge in [0, 0.05) is 16.5 Å². The van der Waals surface area contributed by atoms with Crippen LogP contribution in [0.2, 0.25) is 0 Å². The van der Waals surface area contributed by atoms with Gasteiger partial charge in [0.05, 0.1) is 12.2 Å². The van der Waals surface area contributed by atoms with Gasteiger partial charge >= 0.3 is 0 Å². The highest BCUT2D eigenvalue weighted by Crippen LogP contribution is 2.49. The molecule has 0 unspecified atom stereocenters. The summed E-state index contributed by atoms with van der Waals surface area (Å²) in [5.41, 5.74) is 7.86. The molecule has 0 spiro atoms. The minimum Gasteiger partial charge on any atom is -0.487 e. The van der Waals surface area contributed by atoms with Gasteiger partial charge in [-0.15, -0.1) is 0 Å². The third kappa shape index (κ3) is 3.70. The molecular formula is C30H31NO2. The van der Waals surface area contributed by atoms with Gasteiger partial charge in [0.25, 0.3) is 0 Å². The highest BCUT2D eigenvalue weighted by Gasteiger charge is 2.30. The molecule has 2 aliphatic rings. The van der Waals surface area contributed by atoms with E-state index in [-0.39, 0.29) is 0 Å². The topological polar surface area (TPSA) is 23.4 Å². The number of hydrogen-bond acceptors (Lipinski definition) is 2. The molecular weight excluding hydrogens is 406 g/mol. The fourth-order valence-electron chi connectivity index (χ4n) is 5.75. The van der Waals surface area contributed by atoms with Crippen molar-refractivity contribution in [3.05, 3.63) is 83.4 Å². The molecule has 1 fully saturated rings. The smallest absolute Gasteiger partial charge is 0.170 e. The molecule has 2 heterocycles. The Kier molecular flexibility index (Phi) is 5.33. The minimum absolute atomic E-state index is 0.540. The molecule has 1 saturated carbocycles. The molecule has 0 amide bonds. The predicted octanol–water partition coefficient (Wildman–Crippen LogP) is 7.64. The van der Waals surface area contributed by atoms with Gasteiger partial charge in [-0.2, -0.15) is 0 Å². The maximum absolute atomic E-state index is 6.38. The van der Waals surface area contributed by atoms with E-state index in [1.807, 2.05) is 12.1 Å². The van der Waals surface area contributed by atoms with Crippen molar-refractivity contribution in [2.45, 2.75) is 58.1 Å². The van der Waals surface area contributed by atoms with Gasteiger partial charge in [-0.05, 0) is 60.6 Å². The number of ether oxygens (including phenoxy) is 2. The maximum Gasteiger partial charge on any atom is 0.170 e. The highest BCUT2D eigenvalue weighted by molar-refractivity contribution is 5.94. The molecule has 0 saturated heterocycles. The first-order valence-electron chi connectivity index (χ1n) is 12.4. The summed E-state index contributed by atoms with van der Waals surface area (Å²) in [6.07, 6.45) is 6.57. The summed E-state index contributed by atoms with van der Waals surface area (Å²) in [6.45, 7) is 4.23. The van der Waals surface area contributed by atoms with E-state index in [4.69, 9.17) is 9.47 Å². The average Bonchev–Trinajstić information content (AvgIpc) is 3.04. The van der Waals surface area contributed by atoms with Crippen molar-refractivity contribution in [3.63, 3.8) is 0 Å². The second-order valence-electron chi connectivity index (χ2n) is 9.53. The number of benzene rings is 3. The van der Waals surface area contributed by atoms with Gasteiger partial charge in [-0.25, -0.2) is 0 Å². The van der Waals surface area contributed by atoms with E-state index in [1.54, 1.807) is 0 Å². The third-order valence-electron chi connectivity index (χ3n) is 7.31. The molecule has 168 valence electrons. The van der Waals surface area contributed by atoms with Crippen LogP contribution in [0.1, 0.15) is 54.7 Å². The van der Waals surface area contributed by atoms with E-state index in [9.17, 15) is 0 Å². The van der Waals surface area contributed by atoms with Gasteiger partial charge in [-0.1, -0.05) is 67.8 Å². The summed E-state index contributed by atoms with van der Waals surface area (Å²) in [5.74, 6) is 2.34. The molecule has 33 heavy (non-hydrogen) atoms. The van der Waals surface area contributed by atoms with Crippen molar-refractivity contribution in [2.24, 2.45) is 0 Å². The zero-order chi connectivity index (χ0) is 22.2. The SMILES string of the molecule is Cc1ccc2c(C3CCCCC3)c3n(c2c1)CCOc1c(OCc2ccccc2)cccc1-3. The first kappa shape index (κ1) is 20.4. The molecule has 3 heteroatoms. The number of para-hydroxylation sites is 1. The lowest BCUT2D eigenvalue weighted by Gasteiger charge is -2.24. The van der Waals surface area contributed by atoms with Crippen molar-refractivity contribution in [1.82, 2.24) is 4.57 Å². The van der Waals surface area contributed by atoms with Crippen molar-refractivity contribution in [3.8, 4) is 22.8 Å². The Hall–Kier alpha value is -3.20. The number of rotatable bonds is 4. The zero-order valence-corrected chi connectivity index (χ0v) is 19.3. The lowest BCUT2D eigenvalue weighted by Crippen LogP contribution is -2.07. The highest BCUT2D eigenvalue weighted by atomic mass is 16.5. The molecule has 0 atom stereocenters. The Labute approximate surface area is 196 Å². The average molecular weight is 438 g/mol. The summed E-state index contributed by atoms with van der Waals surface area (Å²) in [6, 6.07) is 23.7. The van der Waals surface area contributed by atoms with Crippen LogP contribution in [0.3, 0.4) is 0 Å². The van der Waals surface area contributed by atoms with Crippen LogP contribution in [-0.4, -0.2) is 11.2 Å². The predicted molar refractivity (Wildman–Crippen MR) is 134 cm³/mol. The summed E-state index contributed by atoms with van der Waals surface area (Å²) >= 11 is 0. The van der Waals surface area contributed by atoms with Crippen LogP contribution >= 0.6 is 0 Å². The minimum atomic E-state index is 0.540. The zero-order valence-electron chi connectivity index (χ0n) is 19.3. The Bertz CT molecular complexity index is 1280. The molecule has 1 aliphatic carbocycles. The van der Waals surface area contributed by atoms with E-state index in [1.165, 1.54) is 65.4 Å². The largest absolute Gasteiger partial charge is 0.487 e. The standard InChI is InChI=1S/C30H31NO2/c1-21-15-16-24-26(19-21)31-17-18-32-30-25(29(31)28(24)23-11-6-3-7-12-23)13-8-14-27(30)33-20-22-9-4-2-5-10-22/h2,4-5,8-10,13-16,19,23H,3,6-7,11-12,17-18,20H2,1H3. The Morgan fingerprint density at radius 1 is 0.939 bits per heavy atom. The van der Waals surface area contributed by atoms with E-state index < -0.39 is 0 Å². The fourth-order valence-corrected chi connectivity index (χ4v) is 5.75. The Morgan fingerprint density at radius 3 is 2.64 bits per heavy atom. The Balaban J connectivity index is 1.50. The van der Waals surface area contributed by atoms with Crippen molar-refractivity contribution < 1.29 is 9.47 Å². The van der Waals surface area contributed by atoms with Gasteiger partial charge in [-0.3, -0.25) is 0 Å². The van der Waals surface area contributed by atoms with Crippen LogP contribution in [0.4, 0.5) is 0 Å². The normalized spacial score (nSPS) is 16.0. The van der Waals surface area contributed by atoms with Gasteiger partial charge in [0.1, 0.15) is 13.2 Å². The Morgan fingerprint density at radius 2 is 1.79 bits per heavy atom. The van der Waals surface area contributed by atoms with Crippen LogP contribution < -0.4 is 9.47 Å². The molecule has 6 rings (SSSR count). The van der Waals surface area contributed by atoms with Gasteiger partial charge < -0.3 is 14.0 Å². The summed E-state index contributed by atoms with van der Waals surface area (Å²) in [7, 11) is 0. The van der Waals surface area contributed by atoms with Crippen LogP contribution in [0.25, 0.3) is 22.2 Å². The quantitative estimate of drug-likeness (QED) is 0.327. The molecule has 0 radical (unpaired) electrons. The van der Waals surface area contributed by atoms with Crippen LogP contribution in [0.5, 0.6) is 11.5 Å². The third-order valence-corrected chi connectivity index (χ3v) is 7.31. The first-order chi connectivity index (χ1) is 16.3. The van der Waals surface area contributed by atoms with E-state index in [2.05, 4.69) is 66.1 Å². The molecule has 3 nitrogen and oxygen atoms in total. The molecule has 4 aromatic rings. The van der Waals surface area contributed by atoms with Gasteiger partial charge in [0.2, 0.25) is 0 Å². The molecule has 1 aliphatic heterocycles. The van der Waals surface area contributed by atoms with Crippen molar-refractivity contribution >= 4 is 10.9 Å². The fraction of sp³-hybridized carbons (Fsp3) is 0.333. The number of hydrogen-bond donors (Lipinski definition) is 0. The second kappa shape index (κ2) is 8.62. The van der Waals surface area contributed by atoms with Crippen molar-refractivity contribution in [2.75, 3.05) is 6.61 Å². The van der Waals surface area contributed by atoms with Crippen molar-refractivity contribution in [1.29, 1.82) is 0 Å². The lowest BCUT2D eigenvalue weighted by molar-refractivity contribution is 0.260. The number of fused-ring (bicyclic) bond motifs is 5. The van der Waals surface area contributed by atoms with E-state index in [0.29, 0.717) is 19.1 Å². The lowest BCUT2D eigenvalue weighted by atomic mass is 9.81. The van der Waals surface area contributed by atoms with Gasteiger partial charge in [0.15, 0.2) is 11.5 Å². The maximum atomic E-state index is 6.38. The van der Waals surface area contributed by atoms with E-state index in [0.717, 1.165) is 23.6 Å². The van der Waals surface area contributed by atoms with Crippen LogP contribution in [0, 0.1) is 6.92 Å². The van der Waals surface area contributed by atoms with Crippen LogP contribution in [0.15, 0.2) is 66.7 Å². The van der Waals surface area contributed by atoms with Crippen LogP contribution in [-0.2, 0) is 13.2 Å². The summed E-state index contributed by atoms with van der Waals surface area (Å²) in [4.78, 5) is 0. The monoisotopic (exact) mass is 437 g/mol. The second-order valence-corrected chi connectivity index (χ2v) is 9.53. The number of aromatic nitrogens is 1. The summed E-state index contributed by atoms with van der Waals surface area (Å²) in [5, 5.41) is 1.42. The number of nitrogens with zero attached hydrogens (tertiary/aromatic N) is 1. The molecule has 0 N–H and O–H groups in total. The molecule has 1 aromatic heterocycles. The first-order valence-corrected chi connectivity index (χ1v) is 12.4. The number of aryl methyl sites for hydroxylation is 1. The van der Waals surface area contributed by atoms with E-state index >= 15 is 0 Å². The summed E-state index contributed by atoms with van der Waals surface area (Å²) < 4.78 is 15.2. The molecule has 3 aromatic carbocycles.